The van der Waals surface area contributed by atoms with Crippen molar-refractivity contribution in [3.8, 4) is 0 Å². The highest BCUT2D eigenvalue weighted by Gasteiger charge is 2.47. The molecule has 0 saturated heterocycles. The average Bonchev–Trinajstić information content (AvgIpc) is 2.44. The molecule has 0 aromatic heterocycles. The Morgan fingerprint density at radius 1 is 1.25 bits per heavy atom. The number of hydrazone groups is 1. The minimum absolute atomic E-state index is 0.0417. The summed E-state index contributed by atoms with van der Waals surface area (Å²) in [4.78, 5) is 11.4. The molecule has 1 aromatic rings. The molecule has 1 heterocycles. The van der Waals surface area contributed by atoms with Gasteiger partial charge in [0.1, 0.15) is 5.71 Å². The van der Waals surface area contributed by atoms with Crippen molar-refractivity contribution in [2.45, 2.75) is 12.7 Å². The fourth-order valence-corrected chi connectivity index (χ4v) is 1.56. The van der Waals surface area contributed by atoms with Gasteiger partial charge in [0, 0.05) is 12.6 Å². The van der Waals surface area contributed by atoms with Crippen LogP contribution in [0.5, 0.6) is 0 Å². The van der Waals surface area contributed by atoms with Gasteiger partial charge in [-0.05, 0) is 6.92 Å². The lowest BCUT2D eigenvalue weighted by molar-refractivity contribution is -0.166. The quantitative estimate of drug-likeness (QED) is 0.646. The predicted octanol–water partition coefficient (Wildman–Crippen LogP) is -0.148. The maximum absolute atomic E-state index is 11.4. The zero-order valence-electron chi connectivity index (χ0n) is 9.01. The van der Waals surface area contributed by atoms with Gasteiger partial charge in [-0.1, -0.05) is 29.8 Å². The van der Waals surface area contributed by atoms with E-state index in [1.54, 1.807) is 12.1 Å². The van der Waals surface area contributed by atoms with Gasteiger partial charge < -0.3 is 10.2 Å². The molecular weight excluding hydrogens is 208 g/mol. The van der Waals surface area contributed by atoms with E-state index in [-0.39, 0.29) is 5.71 Å². The van der Waals surface area contributed by atoms with Crippen molar-refractivity contribution in [2.24, 2.45) is 5.10 Å². The van der Waals surface area contributed by atoms with Gasteiger partial charge in [-0.3, -0.25) is 4.79 Å². The van der Waals surface area contributed by atoms with E-state index < -0.39 is 11.7 Å². The van der Waals surface area contributed by atoms with Crippen LogP contribution < -0.4 is 0 Å². The lowest BCUT2D eigenvalue weighted by Crippen LogP contribution is -2.45. The highest BCUT2D eigenvalue weighted by atomic mass is 16.5. The molecular formula is C11H12N2O3. The largest absolute Gasteiger partial charge is 0.353 e. The third kappa shape index (κ3) is 1.50. The first-order chi connectivity index (χ1) is 7.43. The third-order valence-electron chi connectivity index (χ3n) is 2.50. The Morgan fingerprint density at radius 2 is 1.81 bits per heavy atom. The van der Waals surface area contributed by atoms with Gasteiger partial charge in [-0.2, -0.15) is 5.10 Å². The normalized spacial score (nSPS) is 18.9. The highest BCUT2D eigenvalue weighted by Crippen LogP contribution is 2.21. The molecule has 5 heteroatoms. The van der Waals surface area contributed by atoms with Crippen LogP contribution in [0.15, 0.2) is 29.4 Å². The Kier molecular flexibility index (Phi) is 2.29. The number of aliphatic hydroxyl groups is 2. The van der Waals surface area contributed by atoms with Crippen LogP contribution in [-0.4, -0.2) is 39.7 Å². The van der Waals surface area contributed by atoms with Crippen LogP contribution in [0, 0.1) is 6.92 Å². The third-order valence-corrected chi connectivity index (χ3v) is 2.50. The van der Waals surface area contributed by atoms with Crippen molar-refractivity contribution < 1.29 is 15.0 Å². The molecule has 84 valence electrons. The Bertz CT molecular complexity index is 463. The minimum Gasteiger partial charge on any atom is -0.353 e. The number of hydrogen-bond acceptors (Lipinski definition) is 4. The van der Waals surface area contributed by atoms with Gasteiger partial charge in [0.05, 0.1) is 0 Å². The average molecular weight is 220 g/mol. The number of amides is 1. The lowest BCUT2D eigenvalue weighted by Gasteiger charge is -2.15. The van der Waals surface area contributed by atoms with Crippen molar-refractivity contribution in [3.05, 3.63) is 35.4 Å². The van der Waals surface area contributed by atoms with Crippen molar-refractivity contribution in [1.29, 1.82) is 0 Å². The van der Waals surface area contributed by atoms with Gasteiger partial charge in [0.2, 0.25) is 0 Å². The zero-order valence-corrected chi connectivity index (χ0v) is 9.01. The monoisotopic (exact) mass is 220 g/mol. The topological polar surface area (TPSA) is 73.1 Å². The van der Waals surface area contributed by atoms with Crippen LogP contribution in [-0.2, 0) is 4.79 Å². The Balaban J connectivity index is 2.46. The first-order valence-electron chi connectivity index (χ1n) is 4.82. The smallest absolute Gasteiger partial charge is 0.309 e. The summed E-state index contributed by atoms with van der Waals surface area (Å²) in [6, 6.07) is 7.02. The second-order valence-electron chi connectivity index (χ2n) is 3.82. The van der Waals surface area contributed by atoms with E-state index in [9.17, 15) is 15.0 Å². The number of carbonyl (C=O) groups is 1. The van der Waals surface area contributed by atoms with Crippen LogP contribution in [0.4, 0.5) is 0 Å². The second-order valence-corrected chi connectivity index (χ2v) is 3.82. The fourth-order valence-electron chi connectivity index (χ4n) is 1.56. The molecule has 0 aliphatic carbocycles. The first kappa shape index (κ1) is 10.8. The van der Waals surface area contributed by atoms with Crippen LogP contribution >= 0.6 is 0 Å². The summed E-state index contributed by atoms with van der Waals surface area (Å²) < 4.78 is 0. The summed E-state index contributed by atoms with van der Waals surface area (Å²) in [6.07, 6.45) is 0. The zero-order chi connectivity index (χ0) is 11.9. The standard InChI is InChI=1S/C11H12N2O3/c1-7-3-5-8(6-4-7)9-11(15,16)10(14)13(2)12-9/h3-6,15-16H,1-2H3. The Morgan fingerprint density at radius 3 is 2.25 bits per heavy atom. The molecule has 1 aliphatic heterocycles. The van der Waals surface area contributed by atoms with Crippen molar-refractivity contribution in [1.82, 2.24) is 5.01 Å². The summed E-state index contributed by atoms with van der Waals surface area (Å²) in [5.41, 5.74) is 1.52. The van der Waals surface area contributed by atoms with Crippen molar-refractivity contribution in [3.63, 3.8) is 0 Å². The molecule has 0 unspecified atom stereocenters. The number of likely N-dealkylation sites (N-methyl/N-ethyl adjacent to an activating group) is 1. The molecule has 2 N–H and O–H groups in total. The molecule has 0 spiro atoms. The van der Waals surface area contributed by atoms with E-state index in [0.717, 1.165) is 10.6 Å². The fraction of sp³-hybridized carbons (Fsp3) is 0.273. The van der Waals surface area contributed by atoms with Crippen LogP contribution in [0.3, 0.4) is 0 Å². The molecule has 1 aliphatic rings. The van der Waals surface area contributed by atoms with E-state index in [0.29, 0.717) is 5.56 Å². The molecule has 2 rings (SSSR count). The molecule has 0 fully saturated rings. The Labute approximate surface area is 92.6 Å². The molecule has 16 heavy (non-hydrogen) atoms. The van der Waals surface area contributed by atoms with Gasteiger partial charge in [0.15, 0.2) is 0 Å². The summed E-state index contributed by atoms with van der Waals surface area (Å²) in [6.45, 7) is 1.92. The number of hydrogen-bond donors (Lipinski definition) is 2. The molecule has 5 nitrogen and oxygen atoms in total. The maximum atomic E-state index is 11.4. The molecule has 0 saturated carbocycles. The van der Waals surface area contributed by atoms with Crippen LogP contribution in [0.2, 0.25) is 0 Å². The number of aryl methyl sites for hydroxylation is 1. The molecule has 1 aromatic carbocycles. The summed E-state index contributed by atoms with van der Waals surface area (Å²) >= 11 is 0. The molecule has 0 radical (unpaired) electrons. The predicted molar refractivity (Wildman–Crippen MR) is 57.7 cm³/mol. The second kappa shape index (κ2) is 3.40. The van der Waals surface area contributed by atoms with Crippen molar-refractivity contribution >= 4 is 11.6 Å². The van der Waals surface area contributed by atoms with Crippen molar-refractivity contribution in [2.75, 3.05) is 7.05 Å². The van der Waals surface area contributed by atoms with Crippen LogP contribution in [0.25, 0.3) is 0 Å². The summed E-state index contributed by atoms with van der Waals surface area (Å²) in [5.74, 6) is -3.37. The highest BCUT2D eigenvalue weighted by molar-refractivity contribution is 6.20. The number of carbonyl (C=O) groups excluding carboxylic acids is 1. The lowest BCUT2D eigenvalue weighted by atomic mass is 10.0. The summed E-state index contributed by atoms with van der Waals surface area (Å²) in [7, 11) is 1.38. The van der Waals surface area contributed by atoms with E-state index in [4.69, 9.17) is 0 Å². The van der Waals surface area contributed by atoms with Gasteiger partial charge in [0.25, 0.3) is 5.79 Å². The molecule has 0 atom stereocenters. The number of rotatable bonds is 1. The van der Waals surface area contributed by atoms with E-state index >= 15 is 0 Å². The van der Waals surface area contributed by atoms with Gasteiger partial charge in [-0.15, -0.1) is 0 Å². The van der Waals surface area contributed by atoms with E-state index in [1.807, 2.05) is 19.1 Å². The molecule has 0 bridgehead atoms. The number of benzene rings is 1. The van der Waals surface area contributed by atoms with E-state index in [2.05, 4.69) is 5.10 Å². The molecule has 1 amide bonds. The number of nitrogens with zero attached hydrogens (tertiary/aromatic N) is 2. The first-order valence-corrected chi connectivity index (χ1v) is 4.82. The summed E-state index contributed by atoms with van der Waals surface area (Å²) in [5, 5.41) is 24.0. The maximum Gasteiger partial charge on any atom is 0.309 e. The Hall–Kier alpha value is -1.72. The van der Waals surface area contributed by atoms with E-state index in [1.165, 1.54) is 7.05 Å². The van der Waals surface area contributed by atoms with Gasteiger partial charge in [-0.25, -0.2) is 5.01 Å². The van der Waals surface area contributed by atoms with Crippen LogP contribution in [0.1, 0.15) is 11.1 Å². The SMILES string of the molecule is Cc1ccc(C2=NN(C)C(=O)C2(O)O)cc1. The van der Waals surface area contributed by atoms with Gasteiger partial charge >= 0.3 is 5.91 Å². The minimum atomic E-state index is -2.52.